The van der Waals surface area contributed by atoms with Gasteiger partial charge < -0.3 is 75.1 Å². The molecule has 3 saturated heterocycles. The molecule has 0 atom stereocenters. The quantitative estimate of drug-likeness (QED) is 0.113. The molecular formula is C41H88BrIN7O6P. The molecule has 3 rings (SSSR count). The van der Waals surface area contributed by atoms with Crippen molar-refractivity contribution in [3.8, 4) is 6.07 Å². The van der Waals surface area contributed by atoms with E-state index >= 15 is 0 Å². The summed E-state index contributed by atoms with van der Waals surface area (Å²) in [6.45, 7) is 33.6. The lowest BCUT2D eigenvalue weighted by molar-refractivity contribution is -0.0000620. The second-order valence-corrected chi connectivity index (χ2v) is 23.0. The smallest absolute Gasteiger partial charge is 0.407 e. The fourth-order valence-corrected chi connectivity index (χ4v) is 5.66. The number of nitrogens with one attached hydrogen (secondary N) is 3. The SMILES string of the molecule is CC(C)(C)OC(=O)NC1CCNCC1.CCCN1CCC(N)CC1.CCCN1CCC(NC(=O)OC(C)(C)C)CC1.CCCO.C[P+](C)(C)CC#N.OCCBr.[I-]. The van der Waals surface area contributed by atoms with E-state index in [0.717, 1.165) is 64.4 Å². The number of likely N-dealkylation sites (tertiary alicyclic amines) is 2. The number of halogens is 2. The maximum atomic E-state index is 11.6. The number of rotatable bonds is 9. The number of carbonyl (C=O) groups is 2. The van der Waals surface area contributed by atoms with Gasteiger partial charge in [0.25, 0.3) is 0 Å². The van der Waals surface area contributed by atoms with Crippen LogP contribution in [0.2, 0.25) is 0 Å². The molecule has 0 aliphatic carbocycles. The topological polar surface area (TPSA) is 185 Å². The van der Waals surface area contributed by atoms with E-state index in [1.807, 2.05) is 48.5 Å². The summed E-state index contributed by atoms with van der Waals surface area (Å²) in [6, 6.07) is 3.18. The van der Waals surface area contributed by atoms with Gasteiger partial charge in [-0.1, -0.05) is 36.7 Å². The highest BCUT2D eigenvalue weighted by Crippen LogP contribution is 2.45. The number of alkyl carbamates (subject to hydrolysis) is 2. The molecule has 3 aliphatic heterocycles. The Hall–Kier alpha value is -0.570. The van der Waals surface area contributed by atoms with Crippen LogP contribution in [-0.4, -0.2) is 159 Å². The monoisotopic (exact) mass is 1010 g/mol. The number of carbonyl (C=O) groups excluding carboxylic acids is 2. The first-order chi connectivity index (χ1) is 26.1. The average Bonchev–Trinajstić information content (AvgIpc) is 3.10. The number of alkyl halides is 1. The van der Waals surface area contributed by atoms with Crippen molar-refractivity contribution in [1.82, 2.24) is 25.8 Å². The maximum absolute atomic E-state index is 11.6. The Labute approximate surface area is 375 Å². The lowest BCUT2D eigenvalue weighted by Crippen LogP contribution is -3.00. The van der Waals surface area contributed by atoms with Crippen molar-refractivity contribution in [2.24, 2.45) is 5.73 Å². The van der Waals surface area contributed by atoms with Crippen LogP contribution in [0.3, 0.4) is 0 Å². The van der Waals surface area contributed by atoms with Crippen LogP contribution in [0.25, 0.3) is 0 Å². The van der Waals surface area contributed by atoms with E-state index in [1.165, 1.54) is 51.9 Å². The third kappa shape index (κ3) is 48.0. The van der Waals surface area contributed by atoms with Gasteiger partial charge in [-0.05, 0) is 139 Å². The molecule has 3 fully saturated rings. The second-order valence-electron chi connectivity index (χ2n) is 17.4. The Balaban J connectivity index is -0.000000317. The molecule has 0 radical (unpaired) electrons. The van der Waals surface area contributed by atoms with Gasteiger partial charge in [-0.2, -0.15) is 5.26 Å². The fraction of sp³-hybridized carbons (Fsp3) is 0.927. The van der Waals surface area contributed by atoms with Gasteiger partial charge in [-0.15, -0.1) is 0 Å². The Morgan fingerprint density at radius 2 is 1.12 bits per heavy atom. The molecule has 0 saturated carbocycles. The average molecular weight is 1010 g/mol. The first-order valence-electron chi connectivity index (χ1n) is 20.9. The zero-order chi connectivity index (χ0) is 43.6. The van der Waals surface area contributed by atoms with Crippen LogP contribution < -0.4 is 45.7 Å². The molecule has 57 heavy (non-hydrogen) atoms. The van der Waals surface area contributed by atoms with E-state index in [1.54, 1.807) is 0 Å². The van der Waals surface area contributed by atoms with Gasteiger partial charge in [0.15, 0.2) is 0 Å². The molecule has 0 aromatic rings. The molecule has 16 heteroatoms. The van der Waals surface area contributed by atoms with Gasteiger partial charge in [0, 0.05) is 70.4 Å². The largest absolute Gasteiger partial charge is 1.00 e. The lowest BCUT2D eigenvalue weighted by Gasteiger charge is -2.32. The summed E-state index contributed by atoms with van der Waals surface area (Å²) in [5.41, 5.74) is 4.95. The highest BCUT2D eigenvalue weighted by atomic mass is 127. The summed E-state index contributed by atoms with van der Waals surface area (Å²) in [5.74, 6) is 0. The summed E-state index contributed by atoms with van der Waals surface area (Å²) in [6.07, 6.45) is 9.93. The summed E-state index contributed by atoms with van der Waals surface area (Å²) < 4.78 is 10.4. The predicted octanol–water partition coefficient (Wildman–Crippen LogP) is 3.65. The van der Waals surface area contributed by atoms with E-state index in [9.17, 15) is 9.59 Å². The summed E-state index contributed by atoms with van der Waals surface area (Å²) in [4.78, 5) is 27.9. The van der Waals surface area contributed by atoms with E-state index in [4.69, 9.17) is 30.7 Å². The second kappa shape index (κ2) is 38.4. The molecule has 342 valence electrons. The van der Waals surface area contributed by atoms with Crippen molar-refractivity contribution in [2.75, 3.05) is 97.1 Å². The standard InChI is InChI=1S/C13H26N2O2.C10H20N2O2.C8H18N2.C5H11NP.C3H8O.C2H5BrO.HI/c1-5-8-15-9-6-11(7-10-15)14-12(16)17-13(2,3)4;1-10(2,3)14-9(13)12-8-4-6-11-7-5-8;1-2-5-10-6-3-8(9)4-7-10;1-7(2,3)5-4-6;1-2-3-4;3-1-2-4;/h11H,5-10H2,1-4H3,(H,14,16);8,11H,4-7H2,1-3H3,(H,12,13);8H,2-7,9H2,1H3;5H2,1-3H3;4H,2-3H2,1H3;4H,1-2H2;1H/q;;;+1;;;/p-1. The van der Waals surface area contributed by atoms with Crippen LogP contribution in [0.1, 0.15) is 120 Å². The van der Waals surface area contributed by atoms with E-state index in [0.29, 0.717) is 18.0 Å². The number of amides is 2. The van der Waals surface area contributed by atoms with Gasteiger partial charge in [0.05, 0.1) is 6.61 Å². The maximum Gasteiger partial charge on any atom is 0.407 e. The highest BCUT2D eigenvalue weighted by molar-refractivity contribution is 9.09. The Kier molecular flexibility index (Phi) is 42.4. The van der Waals surface area contributed by atoms with Crippen molar-refractivity contribution >= 4 is 35.4 Å². The number of piperidine rings is 3. The van der Waals surface area contributed by atoms with E-state index in [2.05, 4.69) is 81.6 Å². The first-order valence-corrected chi connectivity index (χ1v) is 25.4. The number of hydrogen-bond acceptors (Lipinski definition) is 11. The van der Waals surface area contributed by atoms with Crippen molar-refractivity contribution < 1.29 is 53.3 Å². The number of nitrogens with zero attached hydrogens (tertiary/aromatic N) is 3. The normalized spacial score (nSPS) is 16.8. The molecule has 0 unspecified atom stereocenters. The minimum absolute atomic E-state index is 0. The fourth-order valence-electron chi connectivity index (χ4n) is 5.24. The molecule has 2 amide bonds. The first kappa shape index (κ1) is 63.1. The number of aliphatic hydroxyl groups excluding tert-OH is 2. The van der Waals surface area contributed by atoms with Crippen molar-refractivity contribution in [3.05, 3.63) is 0 Å². The van der Waals surface area contributed by atoms with Crippen molar-refractivity contribution in [3.63, 3.8) is 0 Å². The molecule has 0 bridgehead atoms. The van der Waals surface area contributed by atoms with Crippen LogP contribution >= 0.6 is 23.2 Å². The van der Waals surface area contributed by atoms with Gasteiger partial charge in [-0.3, -0.25) is 0 Å². The van der Waals surface area contributed by atoms with Crippen molar-refractivity contribution in [2.45, 2.75) is 149 Å². The molecule has 0 aromatic heterocycles. The van der Waals surface area contributed by atoms with Gasteiger partial charge in [-0.25, -0.2) is 9.59 Å². The van der Waals surface area contributed by atoms with Crippen LogP contribution in [0, 0.1) is 11.3 Å². The van der Waals surface area contributed by atoms with Crippen LogP contribution in [0.15, 0.2) is 0 Å². The third-order valence-corrected chi connectivity index (χ3v) is 9.38. The van der Waals surface area contributed by atoms with Gasteiger partial charge >= 0.3 is 12.2 Å². The Morgan fingerprint density at radius 1 is 0.772 bits per heavy atom. The van der Waals surface area contributed by atoms with Gasteiger partial charge in [0.2, 0.25) is 0 Å². The van der Waals surface area contributed by atoms with E-state index < -0.39 is 18.5 Å². The summed E-state index contributed by atoms with van der Waals surface area (Å²) in [7, 11) is -0.777. The minimum atomic E-state index is -0.777. The highest BCUT2D eigenvalue weighted by Gasteiger charge is 2.23. The zero-order valence-corrected chi connectivity index (χ0v) is 42.9. The van der Waals surface area contributed by atoms with Crippen molar-refractivity contribution in [1.29, 1.82) is 5.26 Å². The minimum Gasteiger partial charge on any atom is -1.00 e. The third-order valence-electron chi connectivity index (χ3n) is 7.93. The van der Waals surface area contributed by atoms with E-state index in [-0.39, 0.29) is 54.9 Å². The summed E-state index contributed by atoms with van der Waals surface area (Å²) >= 11 is 3.00. The molecule has 0 spiro atoms. The summed E-state index contributed by atoms with van der Waals surface area (Å²) in [5, 5.41) is 33.6. The number of ether oxygens (including phenoxy) is 2. The zero-order valence-electron chi connectivity index (χ0n) is 38.2. The molecule has 0 aromatic carbocycles. The molecule has 3 aliphatic rings. The number of hydrogen-bond donors (Lipinski definition) is 6. The number of aliphatic hydroxyl groups is 2. The Bertz CT molecular complexity index is 967. The van der Waals surface area contributed by atoms with Crippen LogP contribution in [0.4, 0.5) is 9.59 Å². The molecule has 7 N–H and O–H groups in total. The molecule has 13 nitrogen and oxygen atoms in total. The van der Waals surface area contributed by atoms with Crippen LogP contribution in [0.5, 0.6) is 0 Å². The number of nitrogens with two attached hydrogens (primary N) is 1. The predicted molar refractivity (Wildman–Crippen MR) is 242 cm³/mol. The molecular weight excluding hydrogens is 924 g/mol. The van der Waals surface area contributed by atoms with Crippen LogP contribution in [-0.2, 0) is 9.47 Å². The van der Waals surface area contributed by atoms with Gasteiger partial charge in [0.1, 0.15) is 23.4 Å². The lowest BCUT2D eigenvalue weighted by atomic mass is 10.1. The molecule has 3 heterocycles. The Morgan fingerprint density at radius 3 is 1.39 bits per heavy atom. The number of nitriles is 1.